The van der Waals surface area contributed by atoms with Crippen molar-refractivity contribution in [1.82, 2.24) is 19.4 Å². The largest absolute Gasteiger partial charge is 0.352 e. The maximum atomic E-state index is 12.8. The minimum Gasteiger partial charge on any atom is -0.352 e. The molecule has 2 fully saturated rings. The lowest BCUT2D eigenvalue weighted by atomic mass is 9.98. The zero-order chi connectivity index (χ0) is 21.9. The van der Waals surface area contributed by atoms with E-state index in [4.69, 9.17) is 0 Å². The number of amides is 1. The Morgan fingerprint density at radius 3 is 2.30 bits per heavy atom. The zero-order valence-corrected chi connectivity index (χ0v) is 19.5. The van der Waals surface area contributed by atoms with E-state index in [2.05, 4.69) is 22.2 Å². The van der Waals surface area contributed by atoms with Gasteiger partial charge in [0.1, 0.15) is 0 Å². The first-order chi connectivity index (χ1) is 14.2. The van der Waals surface area contributed by atoms with Crippen LogP contribution in [0.25, 0.3) is 0 Å². The van der Waals surface area contributed by atoms with E-state index >= 15 is 0 Å². The van der Waals surface area contributed by atoms with E-state index in [1.807, 2.05) is 13.8 Å². The number of benzene rings is 1. The smallest absolute Gasteiger partial charge is 0.243 e. The molecule has 2 aliphatic rings. The number of aryl methyl sites for hydroxylation is 2. The molecule has 0 saturated carbocycles. The molecule has 3 rings (SSSR count). The van der Waals surface area contributed by atoms with Gasteiger partial charge in [0.25, 0.3) is 0 Å². The third kappa shape index (κ3) is 5.60. The molecular formula is C22H36N4O3S. The van der Waals surface area contributed by atoms with Gasteiger partial charge in [0, 0.05) is 32.2 Å². The van der Waals surface area contributed by atoms with Gasteiger partial charge < -0.3 is 15.1 Å². The Morgan fingerprint density at radius 2 is 1.70 bits per heavy atom. The van der Waals surface area contributed by atoms with Crippen molar-refractivity contribution in [2.45, 2.75) is 56.5 Å². The highest BCUT2D eigenvalue weighted by atomic mass is 32.2. The summed E-state index contributed by atoms with van der Waals surface area (Å²) in [6.07, 6.45) is 4.28. The van der Waals surface area contributed by atoms with Crippen molar-refractivity contribution in [3.05, 3.63) is 29.3 Å². The predicted molar refractivity (Wildman–Crippen MR) is 119 cm³/mol. The molecule has 0 bridgehead atoms. The normalized spacial score (nSPS) is 20.6. The van der Waals surface area contributed by atoms with E-state index in [1.165, 1.54) is 19.9 Å². The molecule has 0 aliphatic carbocycles. The minimum absolute atomic E-state index is 0.123. The number of carbonyl (C=O) groups excluding carboxylic acids is 1. The highest BCUT2D eigenvalue weighted by molar-refractivity contribution is 7.89. The van der Waals surface area contributed by atoms with Gasteiger partial charge in [0.05, 0.1) is 11.4 Å². The second-order valence-corrected chi connectivity index (χ2v) is 11.0. The summed E-state index contributed by atoms with van der Waals surface area (Å²) in [4.78, 5) is 17.7. The number of likely N-dealkylation sites (tertiary alicyclic amines) is 2. The monoisotopic (exact) mass is 436 g/mol. The van der Waals surface area contributed by atoms with Crippen molar-refractivity contribution in [1.29, 1.82) is 0 Å². The average Bonchev–Trinajstić information content (AvgIpc) is 2.71. The molecule has 0 aromatic heterocycles. The molecule has 0 atom stereocenters. The number of likely N-dealkylation sites (N-methyl/N-ethyl adjacent to an activating group) is 1. The van der Waals surface area contributed by atoms with E-state index in [-0.39, 0.29) is 23.4 Å². The van der Waals surface area contributed by atoms with Crippen LogP contribution in [-0.2, 0) is 14.8 Å². The lowest BCUT2D eigenvalue weighted by Gasteiger charge is -2.41. The first kappa shape index (κ1) is 23.2. The Labute approximate surface area is 181 Å². The van der Waals surface area contributed by atoms with E-state index in [0.29, 0.717) is 6.04 Å². The molecular weight excluding hydrogens is 400 g/mol. The minimum atomic E-state index is -3.68. The van der Waals surface area contributed by atoms with Gasteiger partial charge in [-0.05, 0) is 82.9 Å². The molecule has 30 heavy (non-hydrogen) atoms. The molecule has 1 aromatic carbocycles. The van der Waals surface area contributed by atoms with Gasteiger partial charge in [-0.15, -0.1) is 0 Å². The van der Waals surface area contributed by atoms with Crippen molar-refractivity contribution in [2.24, 2.45) is 0 Å². The number of hydrogen-bond acceptors (Lipinski definition) is 5. The summed E-state index contributed by atoms with van der Waals surface area (Å²) in [7, 11) is -0.0408. The Balaban J connectivity index is 1.48. The number of piperidine rings is 2. The maximum absolute atomic E-state index is 12.8. The van der Waals surface area contributed by atoms with Crippen molar-refractivity contribution >= 4 is 15.9 Å². The van der Waals surface area contributed by atoms with Gasteiger partial charge in [-0.2, -0.15) is 4.31 Å². The first-order valence-electron chi connectivity index (χ1n) is 10.9. The van der Waals surface area contributed by atoms with Gasteiger partial charge in [0.2, 0.25) is 15.9 Å². The molecule has 0 spiro atoms. The van der Waals surface area contributed by atoms with Gasteiger partial charge >= 0.3 is 0 Å². The molecule has 0 radical (unpaired) electrons. The Bertz CT molecular complexity index is 842. The number of hydrogen-bond donors (Lipinski definition) is 1. The SMILES string of the molecule is Cc1ccc(S(=O)(=O)N(C)CC(=O)NC2CCN(C3CCN(C)CC3)CC2)cc1C. The van der Waals surface area contributed by atoms with Gasteiger partial charge in [0.15, 0.2) is 0 Å². The van der Waals surface area contributed by atoms with Crippen LogP contribution in [0, 0.1) is 13.8 Å². The number of carbonyl (C=O) groups is 1. The van der Waals surface area contributed by atoms with E-state index in [0.717, 1.165) is 54.5 Å². The summed E-state index contributed by atoms with van der Waals surface area (Å²) in [6.45, 7) is 7.97. The van der Waals surface area contributed by atoms with Crippen LogP contribution in [0.1, 0.15) is 36.8 Å². The zero-order valence-electron chi connectivity index (χ0n) is 18.7. The molecule has 2 aliphatic heterocycles. The third-order valence-corrected chi connectivity index (χ3v) is 8.45. The average molecular weight is 437 g/mol. The second-order valence-electron chi connectivity index (χ2n) is 8.92. The van der Waals surface area contributed by atoms with Crippen molar-refractivity contribution in [3.8, 4) is 0 Å². The lowest BCUT2D eigenvalue weighted by molar-refractivity contribution is -0.122. The fourth-order valence-electron chi connectivity index (χ4n) is 4.38. The number of nitrogens with zero attached hydrogens (tertiary/aromatic N) is 3. The van der Waals surface area contributed by atoms with Gasteiger partial charge in [-0.25, -0.2) is 8.42 Å². The van der Waals surface area contributed by atoms with E-state index in [9.17, 15) is 13.2 Å². The molecule has 168 valence electrons. The second kappa shape index (κ2) is 9.77. The first-order valence-corrected chi connectivity index (χ1v) is 12.4. The lowest BCUT2D eigenvalue weighted by Crippen LogP contribution is -2.51. The van der Waals surface area contributed by atoms with Crippen LogP contribution >= 0.6 is 0 Å². The van der Waals surface area contributed by atoms with Crippen LogP contribution in [0.15, 0.2) is 23.1 Å². The standard InChI is InChI=1S/C22H36N4O3S/c1-17-5-6-21(15-18(17)2)30(28,29)25(4)16-22(27)23-19-7-13-26(14-8-19)20-9-11-24(3)12-10-20/h5-6,15,19-20H,7-14,16H2,1-4H3,(H,23,27). The van der Waals surface area contributed by atoms with Crippen molar-refractivity contribution in [3.63, 3.8) is 0 Å². The Kier molecular flexibility index (Phi) is 7.55. The summed E-state index contributed by atoms with van der Waals surface area (Å²) >= 11 is 0. The maximum Gasteiger partial charge on any atom is 0.243 e. The molecule has 2 heterocycles. The molecule has 1 N–H and O–H groups in total. The Hall–Kier alpha value is -1.48. The summed E-state index contributed by atoms with van der Waals surface area (Å²) in [5, 5.41) is 3.04. The highest BCUT2D eigenvalue weighted by Crippen LogP contribution is 2.21. The molecule has 1 amide bonds. The highest BCUT2D eigenvalue weighted by Gasteiger charge is 2.29. The topological polar surface area (TPSA) is 73.0 Å². The molecule has 2 saturated heterocycles. The predicted octanol–water partition coefficient (Wildman–Crippen LogP) is 1.60. The van der Waals surface area contributed by atoms with Crippen LogP contribution in [0.5, 0.6) is 0 Å². The fraction of sp³-hybridized carbons (Fsp3) is 0.682. The van der Waals surface area contributed by atoms with E-state index in [1.54, 1.807) is 18.2 Å². The summed E-state index contributed by atoms with van der Waals surface area (Å²) in [6, 6.07) is 5.85. The third-order valence-electron chi connectivity index (χ3n) is 6.65. The van der Waals surface area contributed by atoms with Crippen molar-refractivity contribution in [2.75, 3.05) is 46.8 Å². The van der Waals surface area contributed by atoms with Gasteiger partial charge in [-0.1, -0.05) is 6.07 Å². The molecule has 0 unspecified atom stereocenters. The van der Waals surface area contributed by atoms with Gasteiger partial charge in [-0.3, -0.25) is 4.79 Å². The summed E-state index contributed by atoms with van der Waals surface area (Å²) < 4.78 is 26.7. The van der Waals surface area contributed by atoms with Crippen molar-refractivity contribution < 1.29 is 13.2 Å². The van der Waals surface area contributed by atoms with Crippen LogP contribution < -0.4 is 5.32 Å². The quantitative estimate of drug-likeness (QED) is 0.733. The summed E-state index contributed by atoms with van der Waals surface area (Å²) in [5.74, 6) is -0.234. The van der Waals surface area contributed by atoms with Crippen LogP contribution in [0.4, 0.5) is 0 Å². The number of nitrogens with one attached hydrogen (secondary N) is 1. The van der Waals surface area contributed by atoms with Crippen LogP contribution in [0.3, 0.4) is 0 Å². The molecule has 1 aromatic rings. The van der Waals surface area contributed by atoms with E-state index < -0.39 is 10.0 Å². The fourth-order valence-corrected chi connectivity index (χ4v) is 5.60. The Morgan fingerprint density at radius 1 is 1.07 bits per heavy atom. The number of rotatable bonds is 6. The van der Waals surface area contributed by atoms with Crippen LogP contribution in [0.2, 0.25) is 0 Å². The summed E-state index contributed by atoms with van der Waals surface area (Å²) in [5.41, 5.74) is 1.96. The number of sulfonamides is 1. The molecule has 8 heteroatoms. The van der Waals surface area contributed by atoms with Crippen LogP contribution in [-0.4, -0.2) is 87.3 Å². The molecule has 7 nitrogen and oxygen atoms in total.